The highest BCUT2D eigenvalue weighted by molar-refractivity contribution is 5.82. The molecule has 1 aromatic heterocycles. The Hall–Kier alpha value is -1.88. The minimum atomic E-state index is -1.03. The summed E-state index contributed by atoms with van der Waals surface area (Å²) in [5, 5.41) is 13.7. The molecule has 0 spiro atoms. The number of carbonyl (C=O) groups is 1. The molecule has 5 heteroatoms. The fourth-order valence-corrected chi connectivity index (χ4v) is 1.52. The molecule has 0 aliphatic carbocycles. The second-order valence-corrected chi connectivity index (χ2v) is 3.40. The molecule has 2 aromatic rings. The van der Waals surface area contributed by atoms with Crippen molar-refractivity contribution in [3.05, 3.63) is 30.0 Å². The summed E-state index contributed by atoms with van der Waals surface area (Å²) in [6, 6.07) is 4.30. The van der Waals surface area contributed by atoms with Gasteiger partial charge >= 0.3 is 5.97 Å². The lowest BCUT2D eigenvalue weighted by Gasteiger charge is -2.06. The summed E-state index contributed by atoms with van der Waals surface area (Å²) in [5.74, 6) is -1.03. The van der Waals surface area contributed by atoms with E-state index in [0.29, 0.717) is 5.56 Å². The molecule has 0 saturated heterocycles. The second-order valence-electron chi connectivity index (χ2n) is 3.40. The van der Waals surface area contributed by atoms with Gasteiger partial charge in [-0.25, -0.2) is 0 Å². The van der Waals surface area contributed by atoms with E-state index < -0.39 is 12.0 Å². The third-order valence-electron chi connectivity index (χ3n) is 2.40. The summed E-state index contributed by atoms with van der Waals surface area (Å²) in [6.45, 7) is 0. The molecule has 15 heavy (non-hydrogen) atoms. The molecule has 0 aliphatic heterocycles. The van der Waals surface area contributed by atoms with Crippen LogP contribution >= 0.6 is 0 Å². The zero-order valence-corrected chi connectivity index (χ0v) is 8.21. The summed E-state index contributed by atoms with van der Waals surface area (Å²) in [4.78, 5) is 10.7. The van der Waals surface area contributed by atoms with Crippen molar-refractivity contribution < 1.29 is 9.90 Å². The van der Waals surface area contributed by atoms with E-state index in [-0.39, 0.29) is 0 Å². The molecule has 0 fully saturated rings. The number of carboxylic acids is 1. The molecule has 5 nitrogen and oxygen atoms in total. The average Bonchev–Trinajstić information content (AvgIpc) is 2.59. The van der Waals surface area contributed by atoms with E-state index in [0.717, 1.165) is 10.9 Å². The number of fused-ring (bicyclic) bond motifs is 1. The zero-order valence-electron chi connectivity index (χ0n) is 8.21. The number of carboxylic acid groups (broad SMARTS) is 1. The zero-order chi connectivity index (χ0) is 11.0. The lowest BCUT2D eigenvalue weighted by Crippen LogP contribution is -2.20. The predicted octanol–water partition coefficient (Wildman–Crippen LogP) is 0.658. The Morgan fingerprint density at radius 1 is 1.60 bits per heavy atom. The van der Waals surface area contributed by atoms with Gasteiger partial charge in [-0.1, -0.05) is 6.07 Å². The van der Waals surface area contributed by atoms with Crippen molar-refractivity contribution in [3.63, 3.8) is 0 Å². The van der Waals surface area contributed by atoms with Gasteiger partial charge in [-0.2, -0.15) is 5.10 Å². The molecule has 1 aromatic carbocycles. The minimum absolute atomic E-state index is 0.586. The van der Waals surface area contributed by atoms with Crippen molar-refractivity contribution in [1.29, 1.82) is 0 Å². The Morgan fingerprint density at radius 2 is 2.33 bits per heavy atom. The summed E-state index contributed by atoms with van der Waals surface area (Å²) >= 11 is 0. The highest BCUT2D eigenvalue weighted by atomic mass is 16.4. The molecule has 0 aliphatic rings. The molecule has 2 rings (SSSR count). The van der Waals surface area contributed by atoms with Crippen molar-refractivity contribution in [2.45, 2.75) is 6.04 Å². The number of aryl methyl sites for hydroxylation is 1. The Labute approximate surface area is 86.1 Å². The monoisotopic (exact) mass is 205 g/mol. The maximum Gasteiger partial charge on any atom is 0.325 e. The predicted molar refractivity (Wildman–Crippen MR) is 55.3 cm³/mol. The first kappa shape index (κ1) is 9.67. The van der Waals surface area contributed by atoms with Gasteiger partial charge in [0, 0.05) is 12.4 Å². The fraction of sp³-hybridized carbons (Fsp3) is 0.200. The van der Waals surface area contributed by atoms with Crippen LogP contribution in [0.2, 0.25) is 0 Å². The number of aliphatic carboxylic acids is 1. The van der Waals surface area contributed by atoms with Crippen LogP contribution < -0.4 is 5.73 Å². The molecule has 0 unspecified atom stereocenters. The van der Waals surface area contributed by atoms with Gasteiger partial charge in [0.1, 0.15) is 6.04 Å². The maximum atomic E-state index is 10.7. The van der Waals surface area contributed by atoms with Crippen LogP contribution in [-0.2, 0) is 11.8 Å². The SMILES string of the molecule is Cn1ncc2cc([C@H](N)C(=O)O)ccc21. The Morgan fingerprint density at radius 3 is 3.00 bits per heavy atom. The van der Waals surface area contributed by atoms with Crippen molar-refractivity contribution in [1.82, 2.24) is 9.78 Å². The Kier molecular flexibility index (Phi) is 2.17. The molecule has 0 saturated carbocycles. The number of nitrogens with two attached hydrogens (primary N) is 1. The fourth-order valence-electron chi connectivity index (χ4n) is 1.52. The van der Waals surface area contributed by atoms with Crippen LogP contribution in [-0.4, -0.2) is 20.9 Å². The number of benzene rings is 1. The van der Waals surface area contributed by atoms with Gasteiger partial charge in [-0.05, 0) is 17.7 Å². The number of nitrogens with zero attached hydrogens (tertiary/aromatic N) is 2. The lowest BCUT2D eigenvalue weighted by molar-refractivity contribution is -0.138. The largest absolute Gasteiger partial charge is 0.480 e. The van der Waals surface area contributed by atoms with E-state index in [1.165, 1.54) is 0 Å². The van der Waals surface area contributed by atoms with Crippen LogP contribution in [0.4, 0.5) is 0 Å². The lowest BCUT2D eigenvalue weighted by atomic mass is 10.1. The highest BCUT2D eigenvalue weighted by Crippen LogP contribution is 2.18. The number of hydrogen-bond acceptors (Lipinski definition) is 3. The van der Waals surface area contributed by atoms with Gasteiger partial charge in [0.05, 0.1) is 11.7 Å². The van der Waals surface area contributed by atoms with Crippen molar-refractivity contribution >= 4 is 16.9 Å². The van der Waals surface area contributed by atoms with Gasteiger partial charge in [0.25, 0.3) is 0 Å². The minimum Gasteiger partial charge on any atom is -0.480 e. The molecule has 3 N–H and O–H groups in total. The second kappa shape index (κ2) is 3.36. The summed E-state index contributed by atoms with van der Waals surface area (Å²) in [7, 11) is 1.83. The first-order valence-corrected chi connectivity index (χ1v) is 4.49. The van der Waals surface area contributed by atoms with Crippen molar-refractivity contribution in [3.8, 4) is 0 Å². The smallest absolute Gasteiger partial charge is 0.325 e. The Balaban J connectivity index is 2.52. The first-order valence-electron chi connectivity index (χ1n) is 4.49. The van der Waals surface area contributed by atoms with Crippen molar-refractivity contribution in [2.75, 3.05) is 0 Å². The van der Waals surface area contributed by atoms with E-state index in [4.69, 9.17) is 10.8 Å². The molecule has 1 heterocycles. The average molecular weight is 205 g/mol. The van der Waals surface area contributed by atoms with Gasteiger partial charge in [-0.15, -0.1) is 0 Å². The quantitative estimate of drug-likeness (QED) is 0.754. The van der Waals surface area contributed by atoms with Crippen LogP contribution in [0, 0.1) is 0 Å². The van der Waals surface area contributed by atoms with E-state index >= 15 is 0 Å². The molecule has 0 amide bonds. The number of aromatic nitrogens is 2. The van der Waals surface area contributed by atoms with Crippen LogP contribution in [0.3, 0.4) is 0 Å². The third-order valence-corrected chi connectivity index (χ3v) is 2.40. The van der Waals surface area contributed by atoms with Gasteiger partial charge < -0.3 is 10.8 Å². The van der Waals surface area contributed by atoms with E-state index in [2.05, 4.69) is 5.10 Å². The van der Waals surface area contributed by atoms with Crippen LogP contribution in [0.1, 0.15) is 11.6 Å². The summed E-state index contributed by atoms with van der Waals surface area (Å²) in [6.07, 6.45) is 1.69. The summed E-state index contributed by atoms with van der Waals surface area (Å²) in [5.41, 5.74) is 7.05. The van der Waals surface area contributed by atoms with Crippen LogP contribution in [0.25, 0.3) is 10.9 Å². The number of hydrogen-bond donors (Lipinski definition) is 2. The molecule has 0 bridgehead atoms. The highest BCUT2D eigenvalue weighted by Gasteiger charge is 2.14. The van der Waals surface area contributed by atoms with Gasteiger partial charge in [0.2, 0.25) is 0 Å². The van der Waals surface area contributed by atoms with Crippen LogP contribution in [0.5, 0.6) is 0 Å². The molecule has 1 atom stereocenters. The molecule has 0 radical (unpaired) electrons. The molecular weight excluding hydrogens is 194 g/mol. The first-order chi connectivity index (χ1) is 7.09. The Bertz CT molecular complexity index is 518. The van der Waals surface area contributed by atoms with E-state index in [1.54, 1.807) is 23.0 Å². The third kappa shape index (κ3) is 1.57. The molecule has 78 valence electrons. The topological polar surface area (TPSA) is 81.1 Å². The maximum absolute atomic E-state index is 10.7. The summed E-state index contributed by atoms with van der Waals surface area (Å²) < 4.78 is 1.73. The standard InChI is InChI=1S/C10H11N3O2/c1-13-8-3-2-6(9(11)10(14)15)4-7(8)5-12-13/h2-5,9H,11H2,1H3,(H,14,15)/t9-/m0/s1. The van der Waals surface area contributed by atoms with Crippen LogP contribution in [0.15, 0.2) is 24.4 Å². The van der Waals surface area contributed by atoms with Crippen molar-refractivity contribution in [2.24, 2.45) is 12.8 Å². The molecular formula is C10H11N3O2. The van der Waals surface area contributed by atoms with Gasteiger partial charge in [-0.3, -0.25) is 9.48 Å². The normalized spacial score (nSPS) is 12.9. The van der Waals surface area contributed by atoms with E-state index in [1.807, 2.05) is 13.1 Å². The van der Waals surface area contributed by atoms with E-state index in [9.17, 15) is 4.79 Å². The van der Waals surface area contributed by atoms with Gasteiger partial charge in [0.15, 0.2) is 0 Å². The number of rotatable bonds is 2.